The van der Waals surface area contributed by atoms with Gasteiger partial charge in [-0.2, -0.15) is 0 Å². The van der Waals surface area contributed by atoms with Gasteiger partial charge in [0.15, 0.2) is 5.75 Å². The number of pyridine rings is 1. The second-order valence-electron chi connectivity index (χ2n) is 2.86. The normalized spacial score (nSPS) is 11.3. The first-order valence-electron chi connectivity index (χ1n) is 4.14. The van der Waals surface area contributed by atoms with Crippen LogP contribution in [0.3, 0.4) is 0 Å². The van der Waals surface area contributed by atoms with Crippen LogP contribution in [0.4, 0.5) is 24.7 Å². The van der Waals surface area contributed by atoms with Crippen LogP contribution < -0.4 is 16.2 Å². The van der Waals surface area contributed by atoms with Crippen LogP contribution in [0.5, 0.6) is 5.75 Å². The number of rotatable bonds is 3. The number of nitrogen functional groups attached to an aromatic ring is 1. The number of hydrogen-bond acceptors (Lipinski definition) is 6. The molecule has 0 aliphatic rings. The van der Waals surface area contributed by atoms with E-state index in [4.69, 9.17) is 11.5 Å². The standard InChI is InChI=1S/C7H7F3N4O3/c8-7(9,10)17-5-1-3(12)6(14(15)16)13-4(5)2-11/h1H,2,11-12H2. The second-order valence-corrected chi connectivity index (χ2v) is 2.86. The third-order valence-electron chi connectivity index (χ3n) is 1.66. The average Bonchev–Trinajstić information content (AvgIpc) is 2.14. The first-order valence-corrected chi connectivity index (χ1v) is 4.14. The number of hydrogen-bond donors (Lipinski definition) is 2. The molecule has 1 aromatic heterocycles. The average molecular weight is 252 g/mol. The van der Waals surface area contributed by atoms with Crippen LogP contribution in [0.1, 0.15) is 5.69 Å². The molecule has 0 fully saturated rings. The molecule has 0 aliphatic carbocycles. The zero-order chi connectivity index (χ0) is 13.2. The summed E-state index contributed by atoms with van der Waals surface area (Å²) in [6.45, 7) is -0.452. The topological polar surface area (TPSA) is 117 Å². The molecular formula is C7H7F3N4O3. The van der Waals surface area contributed by atoms with Crippen molar-refractivity contribution >= 4 is 11.5 Å². The van der Waals surface area contributed by atoms with Crippen LogP contribution in [-0.2, 0) is 6.54 Å². The second kappa shape index (κ2) is 4.41. The molecule has 1 rings (SSSR count). The zero-order valence-corrected chi connectivity index (χ0v) is 8.19. The molecule has 17 heavy (non-hydrogen) atoms. The molecule has 0 amide bonds. The van der Waals surface area contributed by atoms with E-state index in [2.05, 4.69) is 9.72 Å². The molecule has 0 spiro atoms. The quantitative estimate of drug-likeness (QED) is 0.610. The largest absolute Gasteiger partial charge is 0.573 e. The van der Waals surface area contributed by atoms with E-state index < -0.39 is 40.8 Å². The van der Waals surface area contributed by atoms with Gasteiger partial charge in [-0.1, -0.05) is 0 Å². The number of nitrogens with two attached hydrogens (primary N) is 2. The van der Waals surface area contributed by atoms with E-state index in [0.29, 0.717) is 6.07 Å². The predicted octanol–water partition coefficient (Wildman–Crippen LogP) is 0.929. The lowest BCUT2D eigenvalue weighted by atomic mass is 10.3. The first kappa shape index (κ1) is 13.0. The van der Waals surface area contributed by atoms with Crippen molar-refractivity contribution in [1.29, 1.82) is 0 Å². The predicted molar refractivity (Wildman–Crippen MR) is 49.9 cm³/mol. The van der Waals surface area contributed by atoms with Crippen LogP contribution in [0.15, 0.2) is 6.07 Å². The molecule has 0 saturated carbocycles. The van der Waals surface area contributed by atoms with Crippen molar-refractivity contribution in [2.75, 3.05) is 5.73 Å². The van der Waals surface area contributed by atoms with Crippen molar-refractivity contribution < 1.29 is 22.8 Å². The Balaban J connectivity index is 3.24. The molecule has 0 aromatic carbocycles. The summed E-state index contributed by atoms with van der Waals surface area (Å²) in [4.78, 5) is 12.8. The maximum Gasteiger partial charge on any atom is 0.573 e. The Morgan fingerprint density at radius 1 is 1.53 bits per heavy atom. The molecule has 0 bridgehead atoms. The summed E-state index contributed by atoms with van der Waals surface area (Å²) in [6, 6.07) is 0.667. The van der Waals surface area contributed by atoms with Gasteiger partial charge in [-0.3, -0.25) is 0 Å². The van der Waals surface area contributed by atoms with Gasteiger partial charge >= 0.3 is 12.2 Å². The Bertz CT molecular complexity index is 449. The van der Waals surface area contributed by atoms with Gasteiger partial charge < -0.3 is 26.3 Å². The van der Waals surface area contributed by atoms with E-state index in [-0.39, 0.29) is 0 Å². The van der Waals surface area contributed by atoms with Gasteiger partial charge in [-0.05, 0) is 9.91 Å². The van der Waals surface area contributed by atoms with Crippen molar-refractivity contribution in [3.63, 3.8) is 0 Å². The molecule has 94 valence electrons. The minimum atomic E-state index is -4.95. The lowest BCUT2D eigenvalue weighted by Gasteiger charge is -2.10. The fourth-order valence-electron chi connectivity index (χ4n) is 1.04. The first-order chi connectivity index (χ1) is 7.74. The number of alkyl halides is 3. The van der Waals surface area contributed by atoms with Gasteiger partial charge in [0.25, 0.3) is 0 Å². The maximum absolute atomic E-state index is 12.0. The molecule has 1 heterocycles. The Kier molecular flexibility index (Phi) is 3.36. The smallest absolute Gasteiger partial charge is 0.401 e. The van der Waals surface area contributed by atoms with E-state index in [9.17, 15) is 23.3 Å². The minimum absolute atomic E-state index is 0.400. The number of anilines is 1. The van der Waals surface area contributed by atoms with Crippen LogP contribution in [0, 0.1) is 10.1 Å². The van der Waals surface area contributed by atoms with Crippen molar-refractivity contribution in [3.8, 4) is 5.75 Å². The molecule has 0 saturated heterocycles. The van der Waals surface area contributed by atoms with Gasteiger partial charge in [0.05, 0.1) is 6.54 Å². The summed E-state index contributed by atoms with van der Waals surface area (Å²) in [6.07, 6.45) is -4.95. The molecule has 4 N–H and O–H groups in total. The van der Waals surface area contributed by atoms with Gasteiger partial charge in [-0.15, -0.1) is 13.2 Å². The molecule has 0 aliphatic heterocycles. The van der Waals surface area contributed by atoms with E-state index in [1.54, 1.807) is 0 Å². The molecule has 7 nitrogen and oxygen atoms in total. The van der Waals surface area contributed by atoms with Crippen molar-refractivity contribution in [2.24, 2.45) is 5.73 Å². The number of ether oxygens (including phenoxy) is 1. The van der Waals surface area contributed by atoms with Crippen LogP contribution in [0.25, 0.3) is 0 Å². The molecule has 0 atom stereocenters. The zero-order valence-electron chi connectivity index (χ0n) is 8.19. The van der Waals surface area contributed by atoms with Crippen molar-refractivity contribution in [2.45, 2.75) is 12.9 Å². The summed E-state index contributed by atoms with van der Waals surface area (Å²) in [5, 5.41) is 10.4. The summed E-state index contributed by atoms with van der Waals surface area (Å²) in [5.74, 6) is -1.51. The fourth-order valence-corrected chi connectivity index (χ4v) is 1.04. The Morgan fingerprint density at radius 3 is 2.53 bits per heavy atom. The molecule has 1 aromatic rings. The summed E-state index contributed by atoms with van der Waals surface area (Å²) >= 11 is 0. The van der Waals surface area contributed by atoms with E-state index in [1.807, 2.05) is 0 Å². The lowest BCUT2D eigenvalue weighted by Crippen LogP contribution is -2.20. The molecular weight excluding hydrogens is 245 g/mol. The fraction of sp³-hybridized carbons (Fsp3) is 0.286. The van der Waals surface area contributed by atoms with Crippen molar-refractivity contribution in [3.05, 3.63) is 21.9 Å². The third-order valence-corrected chi connectivity index (χ3v) is 1.66. The highest BCUT2D eigenvalue weighted by Crippen LogP contribution is 2.30. The molecule has 10 heteroatoms. The summed E-state index contributed by atoms with van der Waals surface area (Å²) < 4.78 is 39.5. The van der Waals surface area contributed by atoms with Gasteiger partial charge in [0.1, 0.15) is 5.69 Å². The minimum Gasteiger partial charge on any atom is -0.401 e. The van der Waals surface area contributed by atoms with E-state index in [0.717, 1.165) is 0 Å². The van der Waals surface area contributed by atoms with Gasteiger partial charge in [0, 0.05) is 6.07 Å². The van der Waals surface area contributed by atoms with Gasteiger partial charge in [-0.25, -0.2) is 0 Å². The van der Waals surface area contributed by atoms with Crippen LogP contribution >= 0.6 is 0 Å². The SMILES string of the molecule is NCc1nc([N+](=O)[O-])c(N)cc1OC(F)(F)F. The van der Waals surface area contributed by atoms with Crippen LogP contribution in [0.2, 0.25) is 0 Å². The summed E-state index contributed by atoms with van der Waals surface area (Å²) in [7, 11) is 0. The van der Waals surface area contributed by atoms with Gasteiger partial charge in [0.2, 0.25) is 5.69 Å². The number of aromatic nitrogens is 1. The number of nitro groups is 1. The molecule has 0 unspecified atom stereocenters. The summed E-state index contributed by atoms with van der Waals surface area (Å²) in [5.41, 5.74) is 9.35. The Morgan fingerprint density at radius 2 is 2.12 bits per heavy atom. The number of nitrogens with zero attached hydrogens (tertiary/aromatic N) is 2. The third kappa shape index (κ3) is 3.17. The van der Waals surface area contributed by atoms with Crippen molar-refractivity contribution in [1.82, 2.24) is 4.98 Å². The Labute approximate surface area is 92.3 Å². The highest BCUT2D eigenvalue weighted by atomic mass is 19.4. The monoisotopic (exact) mass is 252 g/mol. The van der Waals surface area contributed by atoms with E-state index in [1.165, 1.54) is 0 Å². The Hall–Kier alpha value is -2.10. The number of halogens is 3. The van der Waals surface area contributed by atoms with Crippen LogP contribution in [-0.4, -0.2) is 16.3 Å². The highest BCUT2D eigenvalue weighted by molar-refractivity contribution is 5.57. The maximum atomic E-state index is 12.0. The lowest BCUT2D eigenvalue weighted by molar-refractivity contribution is -0.388. The van der Waals surface area contributed by atoms with E-state index >= 15 is 0 Å². The molecule has 0 radical (unpaired) electrons. The highest BCUT2D eigenvalue weighted by Gasteiger charge is 2.34.